The topological polar surface area (TPSA) is 117 Å². The number of anilines is 1. The van der Waals surface area contributed by atoms with Crippen LogP contribution < -0.4 is 5.73 Å². The van der Waals surface area contributed by atoms with Crippen molar-refractivity contribution in [2.45, 2.75) is 102 Å². The van der Waals surface area contributed by atoms with Crippen LogP contribution in [0.3, 0.4) is 0 Å². The van der Waals surface area contributed by atoms with Gasteiger partial charge in [-0.05, 0) is 50.5 Å². The maximum Gasteiger partial charge on any atom is 0.226 e. The third-order valence-electron chi connectivity index (χ3n) is 7.66. The van der Waals surface area contributed by atoms with Gasteiger partial charge in [-0.3, -0.25) is 0 Å². The van der Waals surface area contributed by atoms with E-state index in [4.69, 9.17) is 24.4 Å². The zero-order valence-corrected chi connectivity index (χ0v) is 22.3. The number of nitrogens with zero attached hydrogens (tertiary/aromatic N) is 4. The minimum atomic E-state index is -2.09. The lowest BCUT2D eigenvalue weighted by Crippen LogP contribution is -2.45. The van der Waals surface area contributed by atoms with Gasteiger partial charge in [-0.2, -0.15) is 10.4 Å². The van der Waals surface area contributed by atoms with E-state index >= 15 is 0 Å². The molecule has 186 valence electrons. The average molecular weight is 488 g/mol. The van der Waals surface area contributed by atoms with E-state index in [0.717, 1.165) is 12.8 Å². The van der Waals surface area contributed by atoms with Gasteiger partial charge >= 0.3 is 0 Å². The third kappa shape index (κ3) is 4.03. The number of aromatic nitrogens is 3. The van der Waals surface area contributed by atoms with Gasteiger partial charge in [0, 0.05) is 0 Å². The molecular formula is C24H37N5O4Si. The summed E-state index contributed by atoms with van der Waals surface area (Å²) in [6, 6.07) is 5.98. The van der Waals surface area contributed by atoms with Crippen molar-refractivity contribution in [3.63, 3.8) is 0 Å². The number of unbranched alkanes of at least 4 members (excludes halogenated alkanes) is 1. The zero-order valence-electron chi connectivity index (χ0n) is 21.3. The molecule has 0 aliphatic carbocycles. The second-order valence-electron chi connectivity index (χ2n) is 11.0. The molecule has 2 saturated heterocycles. The van der Waals surface area contributed by atoms with Crippen LogP contribution in [0.1, 0.15) is 59.6 Å². The van der Waals surface area contributed by atoms with Gasteiger partial charge in [-0.25, -0.2) is 9.50 Å². The van der Waals surface area contributed by atoms with Gasteiger partial charge in [0.1, 0.15) is 36.2 Å². The molecule has 4 rings (SSSR count). The number of fused-ring (bicyclic) bond motifs is 2. The Labute approximate surface area is 202 Å². The number of rotatable bonds is 8. The zero-order chi connectivity index (χ0) is 24.9. The number of hydrogen-bond donors (Lipinski definition) is 1. The highest BCUT2D eigenvalue weighted by Gasteiger charge is 2.65. The molecule has 2 N–H and O–H groups in total. The lowest BCUT2D eigenvalue weighted by Gasteiger charge is -2.40. The summed E-state index contributed by atoms with van der Waals surface area (Å²) in [4.78, 5) is 4.05. The molecule has 34 heavy (non-hydrogen) atoms. The van der Waals surface area contributed by atoms with Gasteiger partial charge in [0.2, 0.25) is 5.60 Å². The van der Waals surface area contributed by atoms with Crippen molar-refractivity contribution < 1.29 is 18.6 Å². The monoisotopic (exact) mass is 487 g/mol. The summed E-state index contributed by atoms with van der Waals surface area (Å²) in [7, 11) is -2.09. The summed E-state index contributed by atoms with van der Waals surface area (Å²) in [5, 5.41) is 14.9. The molecule has 2 aromatic rings. The van der Waals surface area contributed by atoms with Crippen LogP contribution in [0, 0.1) is 11.3 Å². The van der Waals surface area contributed by atoms with Crippen molar-refractivity contribution in [1.82, 2.24) is 14.6 Å². The van der Waals surface area contributed by atoms with Crippen LogP contribution in [0.25, 0.3) is 5.52 Å². The average Bonchev–Trinajstić information content (AvgIpc) is 3.42. The van der Waals surface area contributed by atoms with E-state index in [9.17, 15) is 5.26 Å². The van der Waals surface area contributed by atoms with E-state index in [1.54, 1.807) is 16.6 Å². The summed E-state index contributed by atoms with van der Waals surface area (Å²) in [6.07, 6.45) is 3.25. The lowest BCUT2D eigenvalue weighted by atomic mass is 9.92. The molecule has 0 amide bonds. The molecule has 2 aliphatic heterocycles. The highest BCUT2D eigenvalue weighted by Crippen LogP contribution is 2.50. The van der Waals surface area contributed by atoms with Crippen LogP contribution in [0.4, 0.5) is 5.82 Å². The summed E-state index contributed by atoms with van der Waals surface area (Å²) < 4.78 is 27.3. The van der Waals surface area contributed by atoms with Crippen LogP contribution in [-0.2, 0) is 24.2 Å². The van der Waals surface area contributed by atoms with Gasteiger partial charge in [-0.1, -0.05) is 33.6 Å². The molecule has 1 unspecified atom stereocenters. The summed E-state index contributed by atoms with van der Waals surface area (Å²) in [5.41, 5.74) is 5.75. The van der Waals surface area contributed by atoms with E-state index < -0.39 is 38.0 Å². The normalized spacial score (nSPS) is 28.8. The van der Waals surface area contributed by atoms with Crippen molar-refractivity contribution in [3.05, 3.63) is 24.2 Å². The second kappa shape index (κ2) is 8.57. The molecule has 2 aliphatic rings. The van der Waals surface area contributed by atoms with Gasteiger partial charge in [0.05, 0.1) is 12.3 Å². The van der Waals surface area contributed by atoms with Crippen LogP contribution >= 0.6 is 0 Å². The Kier molecular flexibility index (Phi) is 6.32. The van der Waals surface area contributed by atoms with Crippen molar-refractivity contribution in [2.24, 2.45) is 0 Å². The minimum Gasteiger partial charge on any atom is -0.414 e. The van der Waals surface area contributed by atoms with Gasteiger partial charge < -0.3 is 24.4 Å². The first-order chi connectivity index (χ1) is 15.9. The highest BCUT2D eigenvalue weighted by molar-refractivity contribution is 6.74. The summed E-state index contributed by atoms with van der Waals surface area (Å²) in [5.74, 6) is -0.525. The van der Waals surface area contributed by atoms with Crippen LogP contribution in [0.2, 0.25) is 18.1 Å². The standard InChI is InChI=1S/C24H37N5O4Si/c1-8-9-12-22(2,3)34(6,7)30-13-17-19-20(33-23(4,5)32-19)24(14-25,31-17)18-11-10-16-21(26)27-15-28-29(16)18/h10-11,15,17,19-20H,8-9,12-13H2,1-7H3,(H2,26,27,28)/t17?,19-,20-,24-/m1/s1. The maximum absolute atomic E-state index is 10.5. The minimum absolute atomic E-state index is 0.103. The van der Waals surface area contributed by atoms with E-state index in [-0.39, 0.29) is 5.04 Å². The van der Waals surface area contributed by atoms with Crippen molar-refractivity contribution in [3.8, 4) is 6.07 Å². The predicted octanol–water partition coefficient (Wildman–Crippen LogP) is 4.14. The second-order valence-corrected chi connectivity index (χ2v) is 15.7. The number of hydrogen-bond acceptors (Lipinski definition) is 8. The van der Waals surface area contributed by atoms with Crippen molar-refractivity contribution in [1.29, 1.82) is 5.26 Å². The van der Waals surface area contributed by atoms with E-state index in [2.05, 4.69) is 50.0 Å². The predicted molar refractivity (Wildman–Crippen MR) is 130 cm³/mol. The first-order valence-electron chi connectivity index (χ1n) is 12.0. The first kappa shape index (κ1) is 25.1. The molecule has 4 atom stereocenters. The fraction of sp³-hybridized carbons (Fsp3) is 0.708. The Morgan fingerprint density at radius 1 is 1.26 bits per heavy atom. The molecule has 10 heteroatoms. The fourth-order valence-electron chi connectivity index (χ4n) is 4.87. The fourth-order valence-corrected chi connectivity index (χ4v) is 6.62. The van der Waals surface area contributed by atoms with Crippen molar-refractivity contribution in [2.75, 3.05) is 12.3 Å². The third-order valence-corrected chi connectivity index (χ3v) is 12.1. The molecule has 0 radical (unpaired) electrons. The van der Waals surface area contributed by atoms with Crippen LogP contribution in [-0.4, -0.2) is 53.6 Å². The Bertz CT molecular complexity index is 1090. The molecule has 4 heterocycles. The molecule has 0 spiro atoms. The number of nitriles is 1. The Hall–Kier alpha value is -2.03. The molecule has 0 aromatic carbocycles. The Morgan fingerprint density at radius 3 is 2.68 bits per heavy atom. The molecule has 0 saturated carbocycles. The Balaban J connectivity index is 1.66. The SMILES string of the molecule is CCCCC(C)(C)[Si](C)(C)OCC1O[C@](C#N)(c2ccc3c(N)ncnn23)[C@@H]2OC(C)(C)O[C@H]12. The first-order valence-corrected chi connectivity index (χ1v) is 15.0. The molecule has 2 fully saturated rings. The largest absolute Gasteiger partial charge is 0.414 e. The smallest absolute Gasteiger partial charge is 0.226 e. The highest BCUT2D eigenvalue weighted by atomic mass is 28.4. The quantitative estimate of drug-likeness (QED) is 0.552. The number of ether oxygens (including phenoxy) is 3. The van der Waals surface area contributed by atoms with Gasteiger partial charge in [0.25, 0.3) is 0 Å². The van der Waals surface area contributed by atoms with Crippen LogP contribution in [0.5, 0.6) is 0 Å². The molecule has 0 bridgehead atoms. The van der Waals surface area contributed by atoms with Crippen molar-refractivity contribution >= 4 is 19.7 Å². The molecule has 2 aromatic heterocycles. The van der Waals surface area contributed by atoms with E-state index in [1.165, 1.54) is 12.7 Å². The summed E-state index contributed by atoms with van der Waals surface area (Å²) in [6.45, 7) is 15.3. The molecular weight excluding hydrogens is 450 g/mol. The summed E-state index contributed by atoms with van der Waals surface area (Å²) >= 11 is 0. The maximum atomic E-state index is 10.5. The lowest BCUT2D eigenvalue weighted by molar-refractivity contribution is -0.204. The van der Waals surface area contributed by atoms with E-state index in [1.807, 2.05) is 13.8 Å². The number of nitrogen functional groups attached to an aromatic ring is 1. The number of nitrogens with two attached hydrogens (primary N) is 1. The Morgan fingerprint density at radius 2 is 2.00 bits per heavy atom. The van der Waals surface area contributed by atoms with Gasteiger partial charge in [-0.15, -0.1) is 0 Å². The molecule has 9 nitrogen and oxygen atoms in total. The van der Waals surface area contributed by atoms with E-state index in [0.29, 0.717) is 23.6 Å². The van der Waals surface area contributed by atoms with Crippen LogP contribution in [0.15, 0.2) is 18.5 Å². The van der Waals surface area contributed by atoms with Gasteiger partial charge in [0.15, 0.2) is 19.9 Å².